The van der Waals surface area contributed by atoms with Crippen LogP contribution in [0.1, 0.15) is 49.8 Å². The number of carboxylic acid groups (broad SMARTS) is 1. The zero-order valence-electron chi connectivity index (χ0n) is 19.0. The molecule has 1 fully saturated rings. The minimum atomic E-state index is -1.16. The first kappa shape index (κ1) is 21.5. The van der Waals surface area contributed by atoms with E-state index in [0.29, 0.717) is 12.8 Å². The number of carboxylic acids is 1. The molecule has 2 aromatic carbocycles. The summed E-state index contributed by atoms with van der Waals surface area (Å²) < 4.78 is 27.0. The summed E-state index contributed by atoms with van der Waals surface area (Å²) in [6.45, 7) is 4.23. The van der Waals surface area contributed by atoms with Crippen LogP contribution in [0.15, 0.2) is 36.5 Å². The molecular weight excluding hydrogens is 425 g/mol. The second-order valence-corrected chi connectivity index (χ2v) is 9.04. The highest BCUT2D eigenvalue weighted by Crippen LogP contribution is 2.52. The van der Waals surface area contributed by atoms with Crippen molar-refractivity contribution in [1.82, 2.24) is 14.8 Å². The Morgan fingerprint density at radius 2 is 2.03 bits per heavy atom. The van der Waals surface area contributed by atoms with E-state index in [9.17, 15) is 14.3 Å². The fourth-order valence-corrected chi connectivity index (χ4v) is 5.20. The fourth-order valence-electron chi connectivity index (χ4n) is 5.20. The predicted octanol–water partition coefficient (Wildman–Crippen LogP) is 5.13. The molecule has 0 spiro atoms. The highest BCUT2D eigenvalue weighted by atomic mass is 19.1. The number of methoxy groups -OCH3 is 2. The van der Waals surface area contributed by atoms with Gasteiger partial charge < -0.3 is 19.1 Å². The van der Waals surface area contributed by atoms with E-state index in [1.807, 2.05) is 0 Å². The molecule has 33 heavy (non-hydrogen) atoms. The van der Waals surface area contributed by atoms with E-state index in [0.717, 1.165) is 38.8 Å². The fraction of sp³-hybridized carbons (Fsp3) is 0.360. The van der Waals surface area contributed by atoms with Gasteiger partial charge in [0.05, 0.1) is 24.3 Å². The van der Waals surface area contributed by atoms with Gasteiger partial charge in [0, 0.05) is 35.3 Å². The monoisotopic (exact) mass is 451 g/mol. The van der Waals surface area contributed by atoms with Crippen molar-refractivity contribution in [3.05, 3.63) is 53.6 Å². The number of hydrogen-bond donors (Lipinski definition) is 2. The lowest BCUT2D eigenvalue weighted by Gasteiger charge is -2.43. The van der Waals surface area contributed by atoms with Gasteiger partial charge in [-0.05, 0) is 54.5 Å². The molecule has 4 aromatic rings. The van der Waals surface area contributed by atoms with E-state index in [2.05, 4.69) is 40.7 Å². The molecule has 2 heterocycles. The summed E-state index contributed by atoms with van der Waals surface area (Å²) in [7, 11) is 2.90. The summed E-state index contributed by atoms with van der Waals surface area (Å²) in [6, 6.07) is 8.98. The summed E-state index contributed by atoms with van der Waals surface area (Å²) in [4.78, 5) is 11.9. The minimum absolute atomic E-state index is 0.0184. The first-order valence-corrected chi connectivity index (χ1v) is 10.9. The van der Waals surface area contributed by atoms with Crippen molar-refractivity contribution in [1.29, 1.82) is 0 Å². The third kappa shape index (κ3) is 3.12. The van der Waals surface area contributed by atoms with E-state index in [4.69, 9.17) is 9.47 Å². The lowest BCUT2D eigenvalue weighted by Crippen LogP contribution is -2.51. The maximum Gasteiger partial charge on any atom is 0.335 e. The number of nitrogens with zero attached hydrogens (tertiary/aromatic N) is 2. The van der Waals surface area contributed by atoms with E-state index in [1.54, 1.807) is 18.3 Å². The molecule has 0 aliphatic heterocycles. The van der Waals surface area contributed by atoms with E-state index in [1.165, 1.54) is 20.3 Å². The second-order valence-electron chi connectivity index (χ2n) is 9.04. The Balaban J connectivity index is 1.80. The molecule has 1 saturated carbocycles. The Labute approximate surface area is 190 Å². The Bertz CT molecular complexity index is 1380. The van der Waals surface area contributed by atoms with Gasteiger partial charge in [0.2, 0.25) is 0 Å². The van der Waals surface area contributed by atoms with Crippen LogP contribution in [0.2, 0.25) is 0 Å². The number of H-pyrrole nitrogens is 1. The van der Waals surface area contributed by atoms with Crippen molar-refractivity contribution < 1.29 is 23.8 Å². The van der Waals surface area contributed by atoms with Crippen LogP contribution >= 0.6 is 0 Å². The number of benzene rings is 2. The molecule has 1 aliphatic rings. The molecule has 172 valence electrons. The summed E-state index contributed by atoms with van der Waals surface area (Å²) >= 11 is 0. The predicted molar refractivity (Wildman–Crippen MR) is 123 cm³/mol. The average molecular weight is 451 g/mol. The van der Waals surface area contributed by atoms with Gasteiger partial charge in [0.1, 0.15) is 0 Å². The maximum absolute atomic E-state index is 14.2. The Morgan fingerprint density at radius 1 is 1.27 bits per heavy atom. The second kappa shape index (κ2) is 7.59. The smallest absolute Gasteiger partial charge is 0.335 e. The third-order valence-corrected chi connectivity index (χ3v) is 6.89. The Hall–Kier alpha value is -3.39. The number of aromatic amines is 1. The maximum atomic E-state index is 14.2. The number of aromatic nitrogens is 3. The van der Waals surface area contributed by atoms with Crippen molar-refractivity contribution in [2.75, 3.05) is 14.2 Å². The van der Waals surface area contributed by atoms with E-state index < -0.39 is 17.4 Å². The summed E-state index contributed by atoms with van der Waals surface area (Å²) in [5, 5.41) is 18.9. The number of carbonyl (C=O) groups is 1. The Morgan fingerprint density at radius 3 is 2.67 bits per heavy atom. The molecular formula is C25H26FN3O4. The zero-order valence-corrected chi connectivity index (χ0v) is 19.0. The quantitative estimate of drug-likeness (QED) is 0.424. The summed E-state index contributed by atoms with van der Waals surface area (Å²) in [5.74, 6) is -1.04. The normalized spacial score (nSPS) is 20.5. The SMILES string of the molecule is COc1cc(-n2c(C(C)C)c(C3CC(OC)(C(=O)O)C3)c3cc4[nH]ncc4cc32)ccc1F. The minimum Gasteiger partial charge on any atom is -0.494 e. The number of aliphatic carboxylic acids is 1. The highest BCUT2D eigenvalue weighted by Gasteiger charge is 2.53. The molecule has 7 nitrogen and oxygen atoms in total. The third-order valence-electron chi connectivity index (χ3n) is 6.89. The molecule has 8 heteroatoms. The van der Waals surface area contributed by atoms with Gasteiger partial charge in [-0.1, -0.05) is 13.8 Å². The van der Waals surface area contributed by atoms with Gasteiger partial charge in [-0.3, -0.25) is 5.10 Å². The number of ether oxygens (including phenoxy) is 2. The number of hydrogen-bond acceptors (Lipinski definition) is 4. The van der Waals surface area contributed by atoms with Crippen LogP contribution in [0, 0.1) is 5.82 Å². The van der Waals surface area contributed by atoms with Crippen molar-refractivity contribution in [3.8, 4) is 11.4 Å². The number of fused-ring (bicyclic) bond motifs is 2. The molecule has 0 saturated heterocycles. The lowest BCUT2D eigenvalue weighted by atomic mass is 9.66. The van der Waals surface area contributed by atoms with Crippen molar-refractivity contribution in [3.63, 3.8) is 0 Å². The number of halogens is 1. The first-order valence-electron chi connectivity index (χ1n) is 10.9. The molecule has 0 bridgehead atoms. The van der Waals surface area contributed by atoms with Gasteiger partial charge >= 0.3 is 5.97 Å². The van der Waals surface area contributed by atoms with Crippen LogP contribution < -0.4 is 4.74 Å². The van der Waals surface area contributed by atoms with Crippen LogP contribution in [0.25, 0.3) is 27.5 Å². The molecule has 0 atom stereocenters. The van der Waals surface area contributed by atoms with Crippen LogP contribution in [0.5, 0.6) is 5.75 Å². The van der Waals surface area contributed by atoms with Crippen LogP contribution in [-0.4, -0.2) is 45.7 Å². The molecule has 0 amide bonds. The summed E-state index contributed by atoms with van der Waals surface area (Å²) in [5.41, 5.74) is 3.66. The number of nitrogens with one attached hydrogen (secondary N) is 1. The summed E-state index contributed by atoms with van der Waals surface area (Å²) in [6.07, 6.45) is 2.56. The topological polar surface area (TPSA) is 89.4 Å². The van der Waals surface area contributed by atoms with Crippen LogP contribution in [-0.2, 0) is 9.53 Å². The van der Waals surface area contributed by atoms with E-state index >= 15 is 0 Å². The van der Waals surface area contributed by atoms with Gasteiger partial charge in [0.15, 0.2) is 17.2 Å². The zero-order chi connectivity index (χ0) is 23.5. The highest BCUT2D eigenvalue weighted by molar-refractivity contribution is 5.99. The van der Waals surface area contributed by atoms with E-state index in [-0.39, 0.29) is 17.6 Å². The average Bonchev–Trinajstić information content (AvgIpc) is 3.34. The van der Waals surface area contributed by atoms with Gasteiger partial charge in [-0.15, -0.1) is 0 Å². The van der Waals surface area contributed by atoms with Crippen molar-refractivity contribution in [2.24, 2.45) is 0 Å². The molecule has 5 rings (SSSR count). The van der Waals surface area contributed by atoms with Crippen molar-refractivity contribution >= 4 is 27.8 Å². The molecule has 0 unspecified atom stereocenters. The first-order chi connectivity index (χ1) is 15.8. The molecule has 2 N–H and O–H groups in total. The van der Waals surface area contributed by atoms with Gasteiger partial charge in [-0.2, -0.15) is 5.10 Å². The largest absolute Gasteiger partial charge is 0.494 e. The lowest BCUT2D eigenvalue weighted by molar-refractivity contribution is -0.175. The van der Waals surface area contributed by atoms with Gasteiger partial charge in [0.25, 0.3) is 0 Å². The number of rotatable bonds is 6. The molecule has 1 aliphatic carbocycles. The standard InChI is InChI=1S/C25H26FN3O4/c1-13(2)23-22(15-10-25(11-15,33-4)24(30)31)17-9-19-14(12-27-28-19)7-20(17)29(23)16-5-6-18(26)21(8-16)32-3/h5-9,12-13,15H,10-11H2,1-4H3,(H,27,28)(H,30,31). The van der Waals surface area contributed by atoms with Crippen LogP contribution in [0.4, 0.5) is 4.39 Å². The molecule has 2 aromatic heterocycles. The van der Waals surface area contributed by atoms with Gasteiger partial charge in [-0.25, -0.2) is 9.18 Å². The Kier molecular flexibility index (Phi) is 4.93. The van der Waals surface area contributed by atoms with Crippen LogP contribution in [0.3, 0.4) is 0 Å². The van der Waals surface area contributed by atoms with Crippen molar-refractivity contribution in [2.45, 2.75) is 44.1 Å². The molecule has 0 radical (unpaired) electrons.